The molecule has 1 aromatic heterocycles. The minimum Gasteiger partial charge on any atom is -0.497 e. The molecule has 2 aromatic carbocycles. The SMILES string of the molecule is COC(=O)c1c(OCc2ccc(OC)cc2)ccn1Cc1ccc(OC)cc1. The second-order valence-electron chi connectivity index (χ2n) is 6.13. The van der Waals surface area contributed by atoms with Gasteiger partial charge in [-0.15, -0.1) is 0 Å². The molecule has 3 aromatic rings. The molecule has 0 spiro atoms. The largest absolute Gasteiger partial charge is 0.497 e. The number of ether oxygens (including phenoxy) is 4. The second kappa shape index (κ2) is 8.99. The van der Waals surface area contributed by atoms with Gasteiger partial charge in [0.1, 0.15) is 18.1 Å². The first-order chi connectivity index (χ1) is 13.6. The van der Waals surface area contributed by atoms with Gasteiger partial charge in [-0.25, -0.2) is 4.79 Å². The molecule has 0 saturated heterocycles. The minimum atomic E-state index is -0.441. The first-order valence-corrected chi connectivity index (χ1v) is 8.80. The Bertz CT molecular complexity index is 913. The van der Waals surface area contributed by atoms with E-state index >= 15 is 0 Å². The fourth-order valence-electron chi connectivity index (χ4n) is 2.83. The van der Waals surface area contributed by atoms with E-state index in [1.54, 1.807) is 20.3 Å². The van der Waals surface area contributed by atoms with Gasteiger partial charge in [0, 0.05) is 12.7 Å². The average molecular weight is 381 g/mol. The summed E-state index contributed by atoms with van der Waals surface area (Å²) in [6.07, 6.45) is 1.82. The quantitative estimate of drug-likeness (QED) is 0.554. The zero-order valence-electron chi connectivity index (χ0n) is 16.2. The van der Waals surface area contributed by atoms with Crippen molar-refractivity contribution in [1.82, 2.24) is 4.57 Å². The number of nitrogens with zero attached hydrogens (tertiary/aromatic N) is 1. The molecule has 0 aliphatic carbocycles. The molecule has 28 heavy (non-hydrogen) atoms. The normalized spacial score (nSPS) is 10.4. The van der Waals surface area contributed by atoms with Crippen LogP contribution in [0.1, 0.15) is 21.6 Å². The predicted molar refractivity (Wildman–Crippen MR) is 105 cm³/mol. The van der Waals surface area contributed by atoms with Crippen molar-refractivity contribution >= 4 is 5.97 Å². The molecular weight excluding hydrogens is 358 g/mol. The molecule has 0 radical (unpaired) electrons. The van der Waals surface area contributed by atoms with Crippen LogP contribution in [0.25, 0.3) is 0 Å². The highest BCUT2D eigenvalue weighted by Gasteiger charge is 2.19. The van der Waals surface area contributed by atoms with Gasteiger partial charge in [0.25, 0.3) is 0 Å². The summed E-state index contributed by atoms with van der Waals surface area (Å²) in [5.41, 5.74) is 2.38. The Morgan fingerprint density at radius 3 is 1.93 bits per heavy atom. The van der Waals surface area contributed by atoms with Gasteiger partial charge in [0.2, 0.25) is 0 Å². The van der Waals surface area contributed by atoms with Gasteiger partial charge in [0.15, 0.2) is 11.4 Å². The Kier molecular flexibility index (Phi) is 6.22. The van der Waals surface area contributed by atoms with Crippen LogP contribution < -0.4 is 14.2 Å². The number of benzene rings is 2. The van der Waals surface area contributed by atoms with E-state index in [1.807, 2.05) is 59.3 Å². The summed E-state index contributed by atoms with van der Waals surface area (Å²) in [6, 6.07) is 17.0. The molecule has 6 nitrogen and oxygen atoms in total. The Morgan fingerprint density at radius 1 is 0.821 bits per heavy atom. The molecule has 146 valence electrons. The minimum absolute atomic E-state index is 0.334. The molecule has 0 amide bonds. The van der Waals surface area contributed by atoms with E-state index in [1.165, 1.54) is 7.11 Å². The molecule has 0 aliphatic heterocycles. The fraction of sp³-hybridized carbons (Fsp3) is 0.227. The highest BCUT2D eigenvalue weighted by molar-refractivity contribution is 5.90. The maximum Gasteiger partial charge on any atom is 0.358 e. The molecule has 0 unspecified atom stereocenters. The van der Waals surface area contributed by atoms with Crippen LogP contribution in [0.3, 0.4) is 0 Å². The monoisotopic (exact) mass is 381 g/mol. The molecule has 0 fully saturated rings. The number of esters is 1. The maximum atomic E-state index is 12.3. The van der Waals surface area contributed by atoms with Gasteiger partial charge in [-0.1, -0.05) is 24.3 Å². The van der Waals surface area contributed by atoms with E-state index in [2.05, 4.69) is 0 Å². The number of carbonyl (C=O) groups excluding carboxylic acids is 1. The number of hydrogen-bond donors (Lipinski definition) is 0. The summed E-state index contributed by atoms with van der Waals surface area (Å²) in [5.74, 6) is 1.61. The first-order valence-electron chi connectivity index (χ1n) is 8.80. The van der Waals surface area contributed by atoms with E-state index in [-0.39, 0.29) is 0 Å². The van der Waals surface area contributed by atoms with Crippen LogP contribution in [0.15, 0.2) is 60.8 Å². The smallest absolute Gasteiger partial charge is 0.358 e. The van der Waals surface area contributed by atoms with Crippen LogP contribution in [0.4, 0.5) is 0 Å². The molecule has 3 rings (SSSR count). The van der Waals surface area contributed by atoms with Gasteiger partial charge in [-0.2, -0.15) is 0 Å². The molecule has 0 atom stereocenters. The van der Waals surface area contributed by atoms with E-state index < -0.39 is 5.97 Å². The second-order valence-corrected chi connectivity index (χ2v) is 6.13. The highest BCUT2D eigenvalue weighted by Crippen LogP contribution is 2.24. The topological polar surface area (TPSA) is 58.9 Å². The molecule has 6 heteroatoms. The van der Waals surface area contributed by atoms with Crippen LogP contribution >= 0.6 is 0 Å². The van der Waals surface area contributed by atoms with Gasteiger partial charge in [-0.05, 0) is 41.5 Å². The van der Waals surface area contributed by atoms with Crippen molar-refractivity contribution in [1.29, 1.82) is 0 Å². The fourth-order valence-corrected chi connectivity index (χ4v) is 2.83. The van der Waals surface area contributed by atoms with Crippen molar-refractivity contribution < 1.29 is 23.7 Å². The van der Waals surface area contributed by atoms with Crippen molar-refractivity contribution in [3.05, 3.63) is 77.6 Å². The zero-order valence-corrected chi connectivity index (χ0v) is 16.2. The summed E-state index contributed by atoms with van der Waals surface area (Å²) in [7, 11) is 4.61. The van der Waals surface area contributed by atoms with Crippen LogP contribution in [0, 0.1) is 0 Å². The van der Waals surface area contributed by atoms with E-state index in [9.17, 15) is 4.79 Å². The predicted octanol–water partition coefficient (Wildman–Crippen LogP) is 3.92. The zero-order chi connectivity index (χ0) is 19.9. The molecule has 0 bridgehead atoms. The van der Waals surface area contributed by atoms with Crippen molar-refractivity contribution in [2.75, 3.05) is 21.3 Å². The van der Waals surface area contributed by atoms with Crippen LogP contribution in [0.5, 0.6) is 17.2 Å². The summed E-state index contributed by atoms with van der Waals surface area (Å²) in [6.45, 7) is 0.848. The molecular formula is C22H23NO5. The van der Waals surface area contributed by atoms with Gasteiger partial charge in [0.05, 0.1) is 21.3 Å². The van der Waals surface area contributed by atoms with E-state index in [0.29, 0.717) is 24.6 Å². The highest BCUT2D eigenvalue weighted by atomic mass is 16.5. The van der Waals surface area contributed by atoms with E-state index in [4.69, 9.17) is 18.9 Å². The lowest BCUT2D eigenvalue weighted by atomic mass is 10.2. The number of hydrogen-bond acceptors (Lipinski definition) is 5. The van der Waals surface area contributed by atoms with Crippen molar-refractivity contribution in [3.63, 3.8) is 0 Å². The van der Waals surface area contributed by atoms with Crippen molar-refractivity contribution in [2.24, 2.45) is 0 Å². The van der Waals surface area contributed by atoms with E-state index in [0.717, 1.165) is 22.6 Å². The molecule has 0 aliphatic rings. The third kappa shape index (κ3) is 4.46. The third-order valence-corrected chi connectivity index (χ3v) is 4.37. The Balaban J connectivity index is 1.77. The van der Waals surface area contributed by atoms with Crippen molar-refractivity contribution in [3.8, 4) is 17.2 Å². The van der Waals surface area contributed by atoms with Gasteiger partial charge < -0.3 is 23.5 Å². The number of methoxy groups -OCH3 is 3. The Hall–Kier alpha value is -3.41. The summed E-state index contributed by atoms with van der Waals surface area (Å²) >= 11 is 0. The lowest BCUT2D eigenvalue weighted by molar-refractivity contribution is 0.0583. The maximum absolute atomic E-state index is 12.3. The van der Waals surface area contributed by atoms with Crippen LogP contribution in [-0.4, -0.2) is 31.9 Å². The lowest BCUT2D eigenvalue weighted by Gasteiger charge is -2.11. The van der Waals surface area contributed by atoms with Crippen LogP contribution in [0.2, 0.25) is 0 Å². The van der Waals surface area contributed by atoms with Crippen LogP contribution in [-0.2, 0) is 17.9 Å². The number of rotatable bonds is 8. The first kappa shape index (κ1) is 19.4. The average Bonchev–Trinajstić information content (AvgIpc) is 3.15. The summed E-state index contributed by atoms with van der Waals surface area (Å²) in [5, 5.41) is 0. The number of carbonyl (C=O) groups is 1. The Morgan fingerprint density at radius 2 is 1.39 bits per heavy atom. The van der Waals surface area contributed by atoms with Gasteiger partial charge in [-0.3, -0.25) is 0 Å². The Labute approximate surface area is 164 Å². The standard InChI is InChI=1S/C22H23NO5/c1-25-18-8-4-16(5-9-18)14-23-13-12-20(21(23)22(24)27-3)28-15-17-6-10-19(26-2)11-7-17/h4-13H,14-15H2,1-3H3. The summed E-state index contributed by atoms with van der Waals surface area (Å²) in [4.78, 5) is 12.3. The number of aromatic nitrogens is 1. The van der Waals surface area contributed by atoms with Gasteiger partial charge >= 0.3 is 5.97 Å². The molecule has 1 heterocycles. The lowest BCUT2D eigenvalue weighted by Crippen LogP contribution is -2.12. The molecule has 0 N–H and O–H groups in total. The van der Waals surface area contributed by atoms with Crippen molar-refractivity contribution in [2.45, 2.75) is 13.2 Å². The summed E-state index contributed by atoms with van der Waals surface area (Å²) < 4.78 is 23.0. The third-order valence-electron chi connectivity index (χ3n) is 4.37. The molecule has 0 saturated carbocycles.